The van der Waals surface area contributed by atoms with Gasteiger partial charge in [-0.3, -0.25) is 4.79 Å². The lowest BCUT2D eigenvalue weighted by Gasteiger charge is -1.99. The van der Waals surface area contributed by atoms with Gasteiger partial charge in [0.05, 0.1) is 6.33 Å². The quantitative estimate of drug-likeness (QED) is 0.647. The van der Waals surface area contributed by atoms with Crippen LogP contribution in [0.25, 0.3) is 0 Å². The van der Waals surface area contributed by atoms with E-state index in [1.807, 2.05) is 6.20 Å². The van der Waals surface area contributed by atoms with E-state index in [-0.39, 0.29) is 0 Å². The Bertz CT molecular complexity index is 270. The zero-order chi connectivity index (χ0) is 10.9. The summed E-state index contributed by atoms with van der Waals surface area (Å²) in [4.78, 5) is 17.2. The van der Waals surface area contributed by atoms with Crippen molar-refractivity contribution in [2.75, 3.05) is 0 Å². The molecule has 1 aromatic rings. The zero-order valence-corrected chi connectivity index (χ0v) is 8.91. The second-order valence-electron chi connectivity index (χ2n) is 3.74. The molecule has 0 fully saturated rings. The number of carbonyl (C=O) groups is 1. The molecule has 1 aromatic heterocycles. The average molecular weight is 210 g/mol. The molecule has 0 saturated heterocycles. The van der Waals surface area contributed by atoms with Gasteiger partial charge < -0.3 is 10.1 Å². The van der Waals surface area contributed by atoms with Crippen molar-refractivity contribution in [1.82, 2.24) is 9.97 Å². The normalized spacial score (nSPS) is 10.4. The second-order valence-corrected chi connectivity index (χ2v) is 3.74. The molecule has 0 aromatic carbocycles. The molecule has 4 heteroatoms. The van der Waals surface area contributed by atoms with Crippen LogP contribution in [0.3, 0.4) is 0 Å². The first kappa shape index (κ1) is 11.8. The monoisotopic (exact) mass is 210 g/mol. The van der Waals surface area contributed by atoms with Crippen LogP contribution in [0.5, 0.6) is 0 Å². The molecule has 0 radical (unpaired) electrons. The highest BCUT2D eigenvalue weighted by Crippen LogP contribution is 2.07. The van der Waals surface area contributed by atoms with Gasteiger partial charge in [-0.1, -0.05) is 19.3 Å². The fourth-order valence-corrected chi connectivity index (χ4v) is 1.54. The Morgan fingerprint density at radius 3 is 2.67 bits per heavy atom. The van der Waals surface area contributed by atoms with E-state index in [2.05, 4.69) is 9.97 Å². The Labute approximate surface area is 89.7 Å². The van der Waals surface area contributed by atoms with Crippen LogP contribution >= 0.6 is 0 Å². The summed E-state index contributed by atoms with van der Waals surface area (Å²) in [5.41, 5.74) is 1.18. The number of unbranched alkanes of at least 4 members (excludes halogenated alkanes) is 4. The van der Waals surface area contributed by atoms with Crippen LogP contribution in [-0.4, -0.2) is 21.0 Å². The number of aromatic nitrogens is 2. The van der Waals surface area contributed by atoms with Gasteiger partial charge >= 0.3 is 5.97 Å². The van der Waals surface area contributed by atoms with Crippen molar-refractivity contribution in [3.8, 4) is 0 Å². The SMILES string of the molecule is O=C(O)CCCCCCCc1cnc[nH]1. The largest absolute Gasteiger partial charge is 0.481 e. The van der Waals surface area contributed by atoms with Gasteiger partial charge in [0, 0.05) is 18.3 Å². The van der Waals surface area contributed by atoms with E-state index >= 15 is 0 Å². The van der Waals surface area contributed by atoms with Crippen LogP contribution in [0.1, 0.15) is 44.2 Å². The summed E-state index contributed by atoms with van der Waals surface area (Å²) in [6.07, 6.45) is 10.2. The molecule has 1 heterocycles. The van der Waals surface area contributed by atoms with Gasteiger partial charge in [-0.2, -0.15) is 0 Å². The number of carboxylic acid groups (broad SMARTS) is 1. The molecule has 0 bridgehead atoms. The van der Waals surface area contributed by atoms with Crippen molar-refractivity contribution in [2.24, 2.45) is 0 Å². The minimum Gasteiger partial charge on any atom is -0.481 e. The minimum atomic E-state index is -0.688. The van der Waals surface area contributed by atoms with E-state index in [4.69, 9.17) is 5.11 Å². The summed E-state index contributed by atoms with van der Waals surface area (Å²) in [6, 6.07) is 0. The Morgan fingerprint density at radius 1 is 1.27 bits per heavy atom. The zero-order valence-electron chi connectivity index (χ0n) is 8.91. The van der Waals surface area contributed by atoms with Crippen LogP contribution in [0.4, 0.5) is 0 Å². The number of aliphatic carboxylic acids is 1. The molecule has 0 unspecified atom stereocenters. The first-order chi connectivity index (χ1) is 7.29. The van der Waals surface area contributed by atoms with Crippen LogP contribution in [0.2, 0.25) is 0 Å². The smallest absolute Gasteiger partial charge is 0.303 e. The molecular formula is C11H18N2O2. The lowest BCUT2D eigenvalue weighted by molar-refractivity contribution is -0.137. The van der Waals surface area contributed by atoms with Crippen LogP contribution in [-0.2, 0) is 11.2 Å². The van der Waals surface area contributed by atoms with Crippen molar-refractivity contribution < 1.29 is 9.90 Å². The summed E-state index contributed by atoms with van der Waals surface area (Å²) in [5.74, 6) is -0.688. The highest BCUT2D eigenvalue weighted by molar-refractivity contribution is 5.66. The summed E-state index contributed by atoms with van der Waals surface area (Å²) < 4.78 is 0. The lowest BCUT2D eigenvalue weighted by Crippen LogP contribution is -1.93. The molecule has 0 aliphatic heterocycles. The number of hydrogen-bond donors (Lipinski definition) is 2. The molecule has 15 heavy (non-hydrogen) atoms. The summed E-state index contributed by atoms with van der Waals surface area (Å²) in [6.45, 7) is 0. The fraction of sp³-hybridized carbons (Fsp3) is 0.636. The molecule has 0 spiro atoms. The number of carboxylic acids is 1. The molecule has 2 N–H and O–H groups in total. The maximum absolute atomic E-state index is 10.2. The van der Waals surface area contributed by atoms with Crippen LogP contribution in [0, 0.1) is 0 Å². The first-order valence-electron chi connectivity index (χ1n) is 5.48. The number of hydrogen-bond acceptors (Lipinski definition) is 2. The van der Waals surface area contributed by atoms with E-state index in [0.717, 1.165) is 32.1 Å². The molecule has 84 valence electrons. The molecular weight excluding hydrogens is 192 g/mol. The summed E-state index contributed by atoms with van der Waals surface area (Å²) in [7, 11) is 0. The van der Waals surface area contributed by atoms with Gasteiger partial charge in [-0.25, -0.2) is 4.98 Å². The number of aryl methyl sites for hydroxylation is 1. The number of imidazole rings is 1. The fourth-order valence-electron chi connectivity index (χ4n) is 1.54. The predicted molar refractivity (Wildman–Crippen MR) is 57.6 cm³/mol. The number of rotatable bonds is 8. The van der Waals surface area contributed by atoms with Crippen molar-refractivity contribution >= 4 is 5.97 Å². The lowest BCUT2D eigenvalue weighted by atomic mass is 10.1. The standard InChI is InChI=1S/C11H18N2O2/c14-11(15)7-5-3-1-2-4-6-10-8-12-9-13-10/h8-9H,1-7H2,(H,12,13)(H,14,15). The van der Waals surface area contributed by atoms with E-state index in [0.29, 0.717) is 6.42 Å². The highest BCUT2D eigenvalue weighted by atomic mass is 16.4. The van der Waals surface area contributed by atoms with Gasteiger partial charge in [-0.05, 0) is 19.3 Å². The number of nitrogens with one attached hydrogen (secondary N) is 1. The highest BCUT2D eigenvalue weighted by Gasteiger charge is 1.97. The molecule has 0 aliphatic rings. The van der Waals surface area contributed by atoms with Crippen molar-refractivity contribution in [3.05, 3.63) is 18.2 Å². The predicted octanol–water partition coefficient (Wildman–Crippen LogP) is 2.38. The maximum atomic E-state index is 10.2. The van der Waals surface area contributed by atoms with Gasteiger partial charge in [0.2, 0.25) is 0 Å². The molecule has 0 saturated carbocycles. The first-order valence-corrected chi connectivity index (χ1v) is 5.48. The Kier molecular flexibility index (Phi) is 5.51. The number of aromatic amines is 1. The molecule has 1 rings (SSSR count). The van der Waals surface area contributed by atoms with Crippen LogP contribution in [0.15, 0.2) is 12.5 Å². The van der Waals surface area contributed by atoms with Gasteiger partial charge in [0.25, 0.3) is 0 Å². The Hall–Kier alpha value is -1.32. The van der Waals surface area contributed by atoms with Crippen LogP contribution < -0.4 is 0 Å². The summed E-state index contributed by atoms with van der Waals surface area (Å²) >= 11 is 0. The van der Waals surface area contributed by atoms with Crippen molar-refractivity contribution in [2.45, 2.75) is 44.9 Å². The van der Waals surface area contributed by atoms with E-state index < -0.39 is 5.97 Å². The molecule has 4 nitrogen and oxygen atoms in total. The third kappa shape index (κ3) is 5.88. The summed E-state index contributed by atoms with van der Waals surface area (Å²) in [5, 5.41) is 8.43. The number of H-pyrrole nitrogens is 1. The van der Waals surface area contributed by atoms with Gasteiger partial charge in [0.1, 0.15) is 0 Å². The Morgan fingerprint density at radius 2 is 2.00 bits per heavy atom. The Balaban J connectivity index is 1.87. The third-order valence-corrected chi connectivity index (χ3v) is 2.39. The van der Waals surface area contributed by atoms with Crippen molar-refractivity contribution in [3.63, 3.8) is 0 Å². The van der Waals surface area contributed by atoms with Gasteiger partial charge in [-0.15, -0.1) is 0 Å². The van der Waals surface area contributed by atoms with Gasteiger partial charge in [0.15, 0.2) is 0 Å². The van der Waals surface area contributed by atoms with E-state index in [1.54, 1.807) is 6.33 Å². The molecule has 0 atom stereocenters. The maximum Gasteiger partial charge on any atom is 0.303 e. The average Bonchev–Trinajstić information content (AvgIpc) is 2.68. The second kappa shape index (κ2) is 7.04. The number of nitrogens with zero attached hydrogens (tertiary/aromatic N) is 1. The minimum absolute atomic E-state index is 0.306. The van der Waals surface area contributed by atoms with E-state index in [9.17, 15) is 4.79 Å². The van der Waals surface area contributed by atoms with Crippen molar-refractivity contribution in [1.29, 1.82) is 0 Å². The van der Waals surface area contributed by atoms with E-state index in [1.165, 1.54) is 12.1 Å². The topological polar surface area (TPSA) is 66.0 Å². The third-order valence-electron chi connectivity index (χ3n) is 2.39. The molecule has 0 aliphatic carbocycles. The molecule has 0 amide bonds.